The topological polar surface area (TPSA) is 64.7 Å². The Morgan fingerprint density at radius 1 is 1.19 bits per heavy atom. The molecule has 0 fully saturated rings. The van der Waals surface area contributed by atoms with Gasteiger partial charge in [-0.05, 0) is 36.1 Å². The van der Waals surface area contributed by atoms with Crippen LogP contribution in [0.4, 0.5) is 5.82 Å². The van der Waals surface area contributed by atoms with Crippen molar-refractivity contribution in [1.29, 1.82) is 0 Å². The molecule has 1 N–H and O–H groups in total. The molecule has 0 radical (unpaired) electrons. The van der Waals surface area contributed by atoms with Gasteiger partial charge < -0.3 is 5.32 Å². The lowest BCUT2D eigenvalue weighted by Crippen LogP contribution is -2.19. The number of thiophene rings is 1. The number of amides is 1. The summed E-state index contributed by atoms with van der Waals surface area (Å²) < 4.78 is 3.58. The lowest BCUT2D eigenvalue weighted by Gasteiger charge is -2.03. The van der Waals surface area contributed by atoms with E-state index >= 15 is 0 Å². The van der Waals surface area contributed by atoms with Gasteiger partial charge in [-0.3, -0.25) is 14.2 Å². The minimum absolute atomic E-state index is 0.142. The van der Waals surface area contributed by atoms with Crippen molar-refractivity contribution in [3.63, 3.8) is 0 Å². The number of aromatic nitrogens is 4. The van der Waals surface area contributed by atoms with Gasteiger partial charge in [0.25, 0.3) is 0 Å². The zero-order valence-electron chi connectivity index (χ0n) is 14.4. The first-order chi connectivity index (χ1) is 12.7. The maximum atomic E-state index is 12.5. The second kappa shape index (κ2) is 7.13. The van der Waals surface area contributed by atoms with Crippen molar-refractivity contribution >= 4 is 34.0 Å². The molecule has 26 heavy (non-hydrogen) atoms. The fourth-order valence-corrected chi connectivity index (χ4v) is 3.58. The summed E-state index contributed by atoms with van der Waals surface area (Å²) in [6.45, 7) is 3.08. The first-order valence-corrected chi connectivity index (χ1v) is 9.50. The van der Waals surface area contributed by atoms with Gasteiger partial charge in [-0.15, -0.1) is 0 Å². The van der Waals surface area contributed by atoms with Crippen LogP contribution >= 0.6 is 11.3 Å². The van der Waals surface area contributed by atoms with Crippen LogP contribution in [0, 0.1) is 0 Å². The van der Waals surface area contributed by atoms with Crippen molar-refractivity contribution in [2.75, 3.05) is 5.32 Å². The minimum Gasteiger partial charge on any atom is -0.307 e. The van der Waals surface area contributed by atoms with E-state index in [0.717, 1.165) is 35.1 Å². The van der Waals surface area contributed by atoms with E-state index in [-0.39, 0.29) is 12.5 Å². The van der Waals surface area contributed by atoms with Gasteiger partial charge in [0, 0.05) is 29.1 Å². The number of carbonyl (C=O) groups is 1. The predicted molar refractivity (Wildman–Crippen MR) is 104 cm³/mol. The number of hydrogen-bond donors (Lipinski definition) is 1. The number of para-hydroxylation sites is 1. The van der Waals surface area contributed by atoms with Gasteiger partial charge in [-0.25, -0.2) is 0 Å². The predicted octanol–water partition coefficient (Wildman–Crippen LogP) is 4.01. The molecule has 6 nitrogen and oxygen atoms in total. The summed E-state index contributed by atoms with van der Waals surface area (Å²) in [5, 5.41) is 17.0. The summed E-state index contributed by atoms with van der Waals surface area (Å²) in [4.78, 5) is 12.5. The Morgan fingerprint density at radius 2 is 2.08 bits per heavy atom. The molecule has 1 aromatic carbocycles. The van der Waals surface area contributed by atoms with Gasteiger partial charge in [0.2, 0.25) is 5.91 Å². The van der Waals surface area contributed by atoms with Crippen molar-refractivity contribution in [2.24, 2.45) is 0 Å². The second-order valence-electron chi connectivity index (χ2n) is 6.05. The minimum atomic E-state index is -0.142. The molecule has 132 valence electrons. The van der Waals surface area contributed by atoms with Gasteiger partial charge in [0.05, 0.1) is 11.2 Å². The normalized spacial score (nSPS) is 11.1. The summed E-state index contributed by atoms with van der Waals surface area (Å²) in [7, 11) is 0. The highest BCUT2D eigenvalue weighted by molar-refractivity contribution is 7.08. The van der Waals surface area contributed by atoms with E-state index in [2.05, 4.69) is 22.4 Å². The summed E-state index contributed by atoms with van der Waals surface area (Å²) in [6.07, 6.45) is 2.80. The Kier molecular flexibility index (Phi) is 4.53. The Morgan fingerprint density at radius 3 is 2.88 bits per heavy atom. The first kappa shape index (κ1) is 16.5. The molecule has 4 aromatic rings. The molecule has 7 heteroatoms. The van der Waals surface area contributed by atoms with E-state index < -0.39 is 0 Å². The third-order valence-corrected chi connectivity index (χ3v) is 4.80. The molecule has 4 rings (SSSR count). The van der Waals surface area contributed by atoms with E-state index in [9.17, 15) is 4.79 Å². The van der Waals surface area contributed by atoms with E-state index in [4.69, 9.17) is 0 Å². The van der Waals surface area contributed by atoms with Crippen LogP contribution < -0.4 is 5.32 Å². The molecule has 3 aromatic heterocycles. The lowest BCUT2D eigenvalue weighted by atomic mass is 10.2. The van der Waals surface area contributed by atoms with E-state index in [1.807, 2.05) is 58.0 Å². The van der Waals surface area contributed by atoms with Gasteiger partial charge >= 0.3 is 0 Å². The smallest absolute Gasteiger partial charge is 0.247 e. The van der Waals surface area contributed by atoms with E-state index in [0.29, 0.717) is 5.82 Å². The lowest BCUT2D eigenvalue weighted by molar-refractivity contribution is -0.116. The number of rotatable bonds is 6. The summed E-state index contributed by atoms with van der Waals surface area (Å²) in [5.41, 5.74) is 2.97. The van der Waals surface area contributed by atoms with Crippen LogP contribution in [0.25, 0.3) is 22.2 Å². The zero-order chi connectivity index (χ0) is 17.9. The van der Waals surface area contributed by atoms with E-state index in [1.165, 1.54) is 0 Å². The zero-order valence-corrected chi connectivity index (χ0v) is 15.2. The molecular formula is C19H19N5OS. The van der Waals surface area contributed by atoms with Crippen LogP contribution in [0.1, 0.15) is 13.3 Å². The number of benzene rings is 1. The van der Waals surface area contributed by atoms with Crippen LogP contribution in [-0.2, 0) is 17.9 Å². The third-order valence-electron chi connectivity index (χ3n) is 4.11. The Bertz CT molecular complexity index is 1030. The first-order valence-electron chi connectivity index (χ1n) is 8.56. The SMILES string of the molecule is CCCn1nc(NC(=O)Cn2ccc(-c3ccsc3)n2)c2ccccc21. The van der Waals surface area contributed by atoms with E-state index in [1.54, 1.807) is 16.0 Å². The van der Waals surface area contributed by atoms with Gasteiger partial charge in [-0.2, -0.15) is 21.5 Å². The average molecular weight is 365 g/mol. The van der Waals surface area contributed by atoms with Crippen LogP contribution in [0.2, 0.25) is 0 Å². The van der Waals surface area contributed by atoms with Gasteiger partial charge in [0.1, 0.15) is 6.54 Å². The third kappa shape index (κ3) is 3.25. The number of nitrogens with zero attached hydrogens (tertiary/aromatic N) is 4. The molecule has 0 aliphatic carbocycles. The molecule has 0 aliphatic rings. The largest absolute Gasteiger partial charge is 0.307 e. The molecule has 1 amide bonds. The number of carbonyl (C=O) groups excluding carboxylic acids is 1. The summed E-state index contributed by atoms with van der Waals surface area (Å²) in [5.74, 6) is 0.459. The van der Waals surface area contributed by atoms with Crippen molar-refractivity contribution in [3.8, 4) is 11.3 Å². The Balaban J connectivity index is 1.51. The monoisotopic (exact) mass is 365 g/mol. The Labute approximate surface area is 155 Å². The number of nitrogens with one attached hydrogen (secondary N) is 1. The van der Waals surface area contributed by atoms with Crippen molar-refractivity contribution in [3.05, 3.63) is 53.4 Å². The van der Waals surface area contributed by atoms with Crippen LogP contribution in [0.15, 0.2) is 53.4 Å². The molecule has 0 saturated carbocycles. The van der Waals surface area contributed by atoms with Crippen LogP contribution in [-0.4, -0.2) is 25.5 Å². The molecule has 3 heterocycles. The van der Waals surface area contributed by atoms with Crippen LogP contribution in [0.5, 0.6) is 0 Å². The number of aryl methyl sites for hydroxylation is 1. The molecule has 0 bridgehead atoms. The maximum Gasteiger partial charge on any atom is 0.247 e. The Hall–Kier alpha value is -2.93. The highest BCUT2D eigenvalue weighted by Gasteiger charge is 2.13. The molecule has 0 aliphatic heterocycles. The molecule has 0 spiro atoms. The summed E-state index contributed by atoms with van der Waals surface area (Å²) >= 11 is 1.63. The molecule has 0 unspecified atom stereocenters. The fourth-order valence-electron chi connectivity index (χ4n) is 2.93. The fraction of sp³-hybridized carbons (Fsp3) is 0.211. The van der Waals surface area contributed by atoms with Gasteiger partial charge in [0.15, 0.2) is 5.82 Å². The maximum absolute atomic E-state index is 12.5. The quantitative estimate of drug-likeness (QED) is 0.561. The highest BCUT2D eigenvalue weighted by Crippen LogP contribution is 2.23. The van der Waals surface area contributed by atoms with Gasteiger partial charge in [-0.1, -0.05) is 19.1 Å². The molecule has 0 saturated heterocycles. The van der Waals surface area contributed by atoms with Crippen LogP contribution in [0.3, 0.4) is 0 Å². The molecule has 0 atom stereocenters. The van der Waals surface area contributed by atoms with Crippen molar-refractivity contribution in [1.82, 2.24) is 19.6 Å². The number of anilines is 1. The number of fused-ring (bicyclic) bond motifs is 1. The highest BCUT2D eigenvalue weighted by atomic mass is 32.1. The number of hydrogen-bond acceptors (Lipinski definition) is 4. The molecular weight excluding hydrogens is 346 g/mol. The second-order valence-corrected chi connectivity index (χ2v) is 6.83. The summed E-state index contributed by atoms with van der Waals surface area (Å²) in [6, 6.07) is 11.9. The van der Waals surface area contributed by atoms with Crippen molar-refractivity contribution < 1.29 is 4.79 Å². The average Bonchev–Trinajstić information content (AvgIpc) is 3.37. The standard InChI is InChI=1S/C19H19N5OS/c1-2-9-24-17-6-4-3-5-15(17)19(22-24)20-18(25)12-23-10-7-16(21-23)14-8-11-26-13-14/h3-8,10-11,13H,2,9,12H2,1H3,(H,20,22,25). The van der Waals surface area contributed by atoms with Crippen molar-refractivity contribution in [2.45, 2.75) is 26.4 Å².